The maximum atomic E-state index is 12.6. The largest absolute Gasteiger partial charge is 0.373 e. The van der Waals surface area contributed by atoms with Gasteiger partial charge in [0.05, 0.1) is 6.61 Å². The Hall–Kier alpha value is -0.360. The molecular formula is C12H23F4NO. The van der Waals surface area contributed by atoms with Crippen LogP contribution in [0.5, 0.6) is 0 Å². The summed E-state index contributed by atoms with van der Waals surface area (Å²) in [5, 5.41) is 3.11. The lowest BCUT2D eigenvalue weighted by atomic mass is 10.00. The average Bonchev–Trinajstić information content (AvgIpc) is 2.28. The number of alkyl halides is 4. The van der Waals surface area contributed by atoms with E-state index in [0.29, 0.717) is 12.5 Å². The minimum absolute atomic E-state index is 0.0283. The summed E-state index contributed by atoms with van der Waals surface area (Å²) < 4.78 is 53.8. The Morgan fingerprint density at radius 3 is 2.28 bits per heavy atom. The third kappa shape index (κ3) is 7.16. The lowest BCUT2D eigenvalue weighted by molar-refractivity contribution is -0.167. The molecule has 0 rings (SSSR count). The molecule has 2 atom stereocenters. The molecule has 0 aromatic carbocycles. The van der Waals surface area contributed by atoms with Crippen LogP contribution in [0, 0.1) is 5.92 Å². The van der Waals surface area contributed by atoms with Gasteiger partial charge in [-0.25, -0.2) is 8.78 Å². The van der Waals surface area contributed by atoms with Crippen molar-refractivity contribution in [2.24, 2.45) is 5.92 Å². The van der Waals surface area contributed by atoms with E-state index in [9.17, 15) is 17.6 Å². The average molecular weight is 273 g/mol. The molecule has 2 nitrogen and oxygen atoms in total. The van der Waals surface area contributed by atoms with Gasteiger partial charge in [-0.1, -0.05) is 27.2 Å². The maximum Gasteiger partial charge on any atom is 0.330 e. The molecule has 0 aliphatic carbocycles. The summed E-state index contributed by atoms with van der Waals surface area (Å²) >= 11 is 0. The van der Waals surface area contributed by atoms with Crippen LogP contribution in [0.2, 0.25) is 0 Å². The fraction of sp³-hybridized carbons (Fsp3) is 1.00. The zero-order valence-electron chi connectivity index (χ0n) is 11.2. The predicted molar refractivity (Wildman–Crippen MR) is 63.3 cm³/mol. The van der Waals surface area contributed by atoms with E-state index in [1.165, 1.54) is 0 Å². The van der Waals surface area contributed by atoms with E-state index < -0.39 is 19.0 Å². The first kappa shape index (κ1) is 17.6. The summed E-state index contributed by atoms with van der Waals surface area (Å²) in [6.45, 7) is 5.48. The highest BCUT2D eigenvalue weighted by Crippen LogP contribution is 2.23. The van der Waals surface area contributed by atoms with Crippen LogP contribution < -0.4 is 5.32 Å². The van der Waals surface area contributed by atoms with Gasteiger partial charge in [0, 0.05) is 6.04 Å². The van der Waals surface area contributed by atoms with Crippen molar-refractivity contribution in [2.45, 2.75) is 52.0 Å². The van der Waals surface area contributed by atoms with Gasteiger partial charge >= 0.3 is 12.3 Å². The molecule has 0 saturated carbocycles. The van der Waals surface area contributed by atoms with Crippen LogP contribution >= 0.6 is 0 Å². The normalized spacial score (nSPS) is 16.0. The van der Waals surface area contributed by atoms with Gasteiger partial charge in [-0.2, -0.15) is 8.78 Å². The van der Waals surface area contributed by atoms with Crippen LogP contribution in [-0.2, 0) is 4.74 Å². The third-order valence-corrected chi connectivity index (χ3v) is 2.81. The van der Waals surface area contributed by atoms with Gasteiger partial charge in [0.25, 0.3) is 0 Å². The molecule has 0 aliphatic heterocycles. The molecule has 18 heavy (non-hydrogen) atoms. The summed E-state index contributed by atoms with van der Waals surface area (Å²) in [5.74, 6) is -3.62. The Morgan fingerprint density at radius 1 is 1.22 bits per heavy atom. The van der Waals surface area contributed by atoms with Crippen molar-refractivity contribution in [1.82, 2.24) is 5.32 Å². The van der Waals surface area contributed by atoms with Gasteiger partial charge < -0.3 is 10.1 Å². The molecule has 0 radical (unpaired) electrons. The molecule has 0 aromatic heterocycles. The SMILES string of the molecule is CCNC(COCC(F)(F)C(F)F)CC(C)CC. The minimum atomic E-state index is -4.06. The van der Waals surface area contributed by atoms with E-state index in [1.54, 1.807) is 0 Å². The highest BCUT2D eigenvalue weighted by Gasteiger charge is 2.41. The quantitative estimate of drug-likeness (QED) is 0.617. The van der Waals surface area contributed by atoms with E-state index in [-0.39, 0.29) is 12.6 Å². The fourth-order valence-corrected chi connectivity index (χ4v) is 1.55. The second kappa shape index (κ2) is 8.69. The van der Waals surface area contributed by atoms with Gasteiger partial charge in [-0.3, -0.25) is 0 Å². The van der Waals surface area contributed by atoms with Crippen LogP contribution in [0.25, 0.3) is 0 Å². The molecule has 0 heterocycles. The lowest BCUT2D eigenvalue weighted by Gasteiger charge is -2.22. The van der Waals surface area contributed by atoms with E-state index in [4.69, 9.17) is 4.74 Å². The molecular weight excluding hydrogens is 250 g/mol. The second-order valence-corrected chi connectivity index (χ2v) is 4.58. The summed E-state index contributed by atoms with van der Waals surface area (Å²) in [7, 11) is 0. The van der Waals surface area contributed by atoms with Crippen molar-refractivity contribution in [3.05, 3.63) is 0 Å². The van der Waals surface area contributed by atoms with Crippen molar-refractivity contribution in [3.8, 4) is 0 Å². The monoisotopic (exact) mass is 273 g/mol. The smallest absolute Gasteiger partial charge is 0.330 e. The molecule has 1 N–H and O–H groups in total. The lowest BCUT2D eigenvalue weighted by Crippen LogP contribution is -2.38. The van der Waals surface area contributed by atoms with Crippen LogP contribution in [-0.4, -0.2) is 38.1 Å². The maximum absolute atomic E-state index is 12.6. The van der Waals surface area contributed by atoms with Crippen LogP contribution in [0.15, 0.2) is 0 Å². The number of hydrogen-bond acceptors (Lipinski definition) is 2. The van der Waals surface area contributed by atoms with Crippen LogP contribution in [0.3, 0.4) is 0 Å². The first-order valence-corrected chi connectivity index (χ1v) is 6.30. The first-order valence-electron chi connectivity index (χ1n) is 6.30. The minimum Gasteiger partial charge on any atom is -0.373 e. The number of ether oxygens (including phenoxy) is 1. The summed E-state index contributed by atoms with van der Waals surface area (Å²) in [4.78, 5) is 0. The van der Waals surface area contributed by atoms with Crippen molar-refractivity contribution in [1.29, 1.82) is 0 Å². The summed E-state index contributed by atoms with van der Waals surface area (Å²) in [6, 6.07) is -0.0709. The Kier molecular flexibility index (Phi) is 8.52. The number of rotatable bonds is 10. The molecule has 0 aliphatic rings. The molecule has 0 fully saturated rings. The summed E-state index contributed by atoms with van der Waals surface area (Å²) in [6.07, 6.45) is -1.91. The number of nitrogens with one attached hydrogen (secondary N) is 1. The molecule has 0 saturated heterocycles. The van der Waals surface area contributed by atoms with Gasteiger partial charge in [0.1, 0.15) is 6.61 Å². The number of halogens is 4. The Bertz CT molecular complexity index is 214. The standard InChI is InChI=1S/C12H23F4NO/c1-4-9(3)6-10(17-5-2)7-18-8-12(15,16)11(13)14/h9-11,17H,4-8H2,1-3H3. The third-order valence-electron chi connectivity index (χ3n) is 2.81. The van der Waals surface area contributed by atoms with E-state index in [0.717, 1.165) is 12.8 Å². The van der Waals surface area contributed by atoms with Crippen molar-refractivity contribution in [2.75, 3.05) is 19.8 Å². The van der Waals surface area contributed by atoms with Gasteiger partial charge in [0.15, 0.2) is 0 Å². The summed E-state index contributed by atoms with van der Waals surface area (Å²) in [5.41, 5.74) is 0. The molecule has 0 bridgehead atoms. The Balaban J connectivity index is 4.04. The van der Waals surface area contributed by atoms with Crippen LogP contribution in [0.1, 0.15) is 33.6 Å². The Morgan fingerprint density at radius 2 is 1.83 bits per heavy atom. The second-order valence-electron chi connectivity index (χ2n) is 4.58. The highest BCUT2D eigenvalue weighted by molar-refractivity contribution is 4.71. The van der Waals surface area contributed by atoms with Crippen molar-refractivity contribution in [3.63, 3.8) is 0 Å². The number of likely N-dealkylation sites (N-methyl/N-ethyl adjacent to an activating group) is 1. The topological polar surface area (TPSA) is 21.3 Å². The molecule has 110 valence electrons. The van der Waals surface area contributed by atoms with Gasteiger partial charge in [-0.05, 0) is 18.9 Å². The van der Waals surface area contributed by atoms with E-state index in [2.05, 4.69) is 12.2 Å². The zero-order valence-corrected chi connectivity index (χ0v) is 11.2. The predicted octanol–water partition coefficient (Wildman–Crippen LogP) is 3.32. The molecule has 0 aromatic rings. The molecule has 6 heteroatoms. The number of hydrogen-bond donors (Lipinski definition) is 1. The van der Waals surface area contributed by atoms with Gasteiger partial charge in [0.2, 0.25) is 0 Å². The first-order chi connectivity index (χ1) is 8.33. The molecule has 0 spiro atoms. The van der Waals surface area contributed by atoms with Crippen LogP contribution in [0.4, 0.5) is 17.6 Å². The van der Waals surface area contributed by atoms with Crippen molar-refractivity contribution < 1.29 is 22.3 Å². The highest BCUT2D eigenvalue weighted by atomic mass is 19.3. The van der Waals surface area contributed by atoms with E-state index >= 15 is 0 Å². The molecule has 2 unspecified atom stereocenters. The fourth-order valence-electron chi connectivity index (χ4n) is 1.55. The van der Waals surface area contributed by atoms with E-state index in [1.807, 2.05) is 13.8 Å². The van der Waals surface area contributed by atoms with Gasteiger partial charge in [-0.15, -0.1) is 0 Å². The molecule has 0 amide bonds. The zero-order chi connectivity index (χ0) is 14.2. The Labute approximate surface area is 106 Å². The van der Waals surface area contributed by atoms with Crippen molar-refractivity contribution >= 4 is 0 Å².